The molecule has 31 heavy (non-hydrogen) atoms. The Hall–Kier alpha value is -3.60. The molecule has 2 atom stereocenters. The highest BCUT2D eigenvalue weighted by atomic mass is 79.9. The Kier molecular flexibility index (Phi) is 4.74. The van der Waals surface area contributed by atoms with Gasteiger partial charge in [0.1, 0.15) is 12.3 Å². The summed E-state index contributed by atoms with van der Waals surface area (Å²) in [6, 6.07) is 12.4. The van der Waals surface area contributed by atoms with Gasteiger partial charge in [0.15, 0.2) is 12.1 Å². The second kappa shape index (κ2) is 7.58. The summed E-state index contributed by atoms with van der Waals surface area (Å²) in [5.74, 6) is 0.473. The van der Waals surface area contributed by atoms with Gasteiger partial charge in [0.25, 0.3) is 11.8 Å². The van der Waals surface area contributed by atoms with Crippen LogP contribution in [0.3, 0.4) is 0 Å². The monoisotopic (exact) mass is 482 g/mol. The third-order valence-corrected chi connectivity index (χ3v) is 5.53. The Morgan fingerprint density at radius 1 is 1.13 bits per heavy atom. The average molecular weight is 483 g/mol. The molecule has 1 aromatic heterocycles. The molecule has 1 saturated heterocycles. The number of fused-ring (bicyclic) bond motifs is 1. The molecule has 0 aliphatic carbocycles. The molecule has 0 radical (unpaired) electrons. The molecule has 11 heteroatoms. The number of amides is 2. The molecule has 2 amide bonds. The number of hydrogen-bond acceptors (Lipinski definition) is 9. The van der Waals surface area contributed by atoms with Gasteiger partial charge < -0.3 is 9.26 Å². The highest BCUT2D eigenvalue weighted by molar-refractivity contribution is 9.10. The number of carbonyl (C=O) groups is 2. The van der Waals surface area contributed by atoms with Crippen LogP contribution in [0.25, 0.3) is 11.4 Å². The van der Waals surface area contributed by atoms with Crippen molar-refractivity contribution < 1.29 is 18.8 Å². The van der Waals surface area contributed by atoms with Gasteiger partial charge in [-0.3, -0.25) is 14.6 Å². The van der Waals surface area contributed by atoms with Crippen molar-refractivity contribution in [1.29, 1.82) is 0 Å². The van der Waals surface area contributed by atoms with Crippen molar-refractivity contribution >= 4 is 33.4 Å². The minimum atomic E-state index is -0.901. The lowest BCUT2D eigenvalue weighted by Crippen LogP contribution is -2.39. The first-order valence-corrected chi connectivity index (χ1v) is 10.1. The number of nitrogens with zero attached hydrogens (tertiary/aromatic N) is 6. The lowest BCUT2D eigenvalue weighted by Gasteiger charge is -2.19. The van der Waals surface area contributed by atoms with Crippen LogP contribution in [0.1, 0.15) is 5.89 Å². The molecule has 5 rings (SSSR count). The van der Waals surface area contributed by atoms with Gasteiger partial charge in [0, 0.05) is 10.0 Å². The van der Waals surface area contributed by atoms with Gasteiger partial charge in [-0.1, -0.05) is 38.4 Å². The van der Waals surface area contributed by atoms with Crippen LogP contribution in [0.2, 0.25) is 0 Å². The lowest BCUT2D eigenvalue weighted by molar-refractivity contribution is -0.123. The van der Waals surface area contributed by atoms with Gasteiger partial charge in [-0.05, 0) is 36.4 Å². The van der Waals surface area contributed by atoms with Crippen LogP contribution in [-0.2, 0) is 16.1 Å². The molecule has 0 saturated carbocycles. The molecule has 156 valence electrons. The van der Waals surface area contributed by atoms with Gasteiger partial charge in [0.05, 0.1) is 12.8 Å². The molecule has 10 nitrogen and oxygen atoms in total. The Bertz CT molecular complexity index is 1190. The van der Waals surface area contributed by atoms with Crippen LogP contribution >= 0.6 is 15.9 Å². The third kappa shape index (κ3) is 3.36. The van der Waals surface area contributed by atoms with Crippen molar-refractivity contribution in [3.05, 3.63) is 58.9 Å². The fourth-order valence-corrected chi connectivity index (χ4v) is 3.94. The van der Waals surface area contributed by atoms with E-state index >= 15 is 0 Å². The van der Waals surface area contributed by atoms with Gasteiger partial charge in [-0.25, -0.2) is 4.90 Å². The summed E-state index contributed by atoms with van der Waals surface area (Å²) in [6.45, 7) is 0.0567. The first-order valence-electron chi connectivity index (χ1n) is 9.33. The van der Waals surface area contributed by atoms with Crippen molar-refractivity contribution in [2.45, 2.75) is 18.6 Å². The van der Waals surface area contributed by atoms with Gasteiger partial charge >= 0.3 is 0 Å². The zero-order valence-electron chi connectivity index (χ0n) is 16.2. The molecule has 0 N–H and O–H groups in total. The molecular weight excluding hydrogens is 468 g/mol. The highest BCUT2D eigenvalue weighted by Crippen LogP contribution is 2.33. The van der Waals surface area contributed by atoms with Gasteiger partial charge in [-0.15, -0.1) is 0 Å². The lowest BCUT2D eigenvalue weighted by atomic mass is 10.1. The van der Waals surface area contributed by atoms with E-state index in [2.05, 4.69) is 36.4 Å². The maximum absolute atomic E-state index is 13.1. The van der Waals surface area contributed by atoms with Crippen molar-refractivity contribution in [2.24, 2.45) is 10.3 Å². The van der Waals surface area contributed by atoms with Crippen LogP contribution in [0.4, 0.5) is 5.69 Å². The smallest absolute Gasteiger partial charge is 0.263 e. The van der Waals surface area contributed by atoms with Crippen molar-refractivity contribution in [3.63, 3.8) is 0 Å². The SMILES string of the molecule is COc1ccc(N2C(=O)[C@H]3N=NN(Cc4nc(-c5cccc(Br)c5)no4)[C@H]3C2=O)cc1. The number of carbonyl (C=O) groups excluding carboxylic acids is 2. The summed E-state index contributed by atoms with van der Waals surface area (Å²) in [4.78, 5) is 31.4. The van der Waals surface area contributed by atoms with Crippen LogP contribution < -0.4 is 9.64 Å². The van der Waals surface area contributed by atoms with Crippen LogP contribution in [-0.4, -0.2) is 46.2 Å². The largest absolute Gasteiger partial charge is 0.497 e. The number of rotatable bonds is 5. The number of methoxy groups -OCH3 is 1. The van der Waals surface area contributed by atoms with Crippen molar-refractivity contribution in [2.75, 3.05) is 12.0 Å². The zero-order chi connectivity index (χ0) is 21.5. The van der Waals surface area contributed by atoms with E-state index in [9.17, 15) is 9.59 Å². The first-order chi connectivity index (χ1) is 15.0. The minimum absolute atomic E-state index is 0.0567. The Morgan fingerprint density at radius 2 is 1.94 bits per heavy atom. The minimum Gasteiger partial charge on any atom is -0.497 e. The fourth-order valence-electron chi connectivity index (χ4n) is 3.54. The molecule has 3 aromatic rings. The number of halogens is 1. The van der Waals surface area contributed by atoms with E-state index < -0.39 is 23.9 Å². The van der Waals surface area contributed by atoms with Gasteiger partial charge in [0.2, 0.25) is 11.7 Å². The normalized spacial score (nSPS) is 19.9. The zero-order valence-corrected chi connectivity index (χ0v) is 17.8. The molecule has 2 aromatic carbocycles. The maximum Gasteiger partial charge on any atom is 0.263 e. The van der Waals surface area contributed by atoms with E-state index in [4.69, 9.17) is 9.26 Å². The van der Waals surface area contributed by atoms with Crippen molar-refractivity contribution in [3.8, 4) is 17.1 Å². The Morgan fingerprint density at radius 3 is 2.68 bits per heavy atom. The topological polar surface area (TPSA) is 113 Å². The molecule has 0 unspecified atom stereocenters. The van der Waals surface area contributed by atoms with Gasteiger partial charge in [-0.2, -0.15) is 10.1 Å². The standard InChI is InChI=1S/C20H15BrN6O4/c1-30-14-7-5-13(6-8-14)27-19(28)16-17(20(27)29)26(25-23-16)10-15-22-18(24-31-15)11-3-2-4-12(21)9-11/h2-9,16-17H,10H2,1H3/t16-,17+/m0/s1. The van der Waals surface area contributed by atoms with E-state index in [0.29, 0.717) is 17.3 Å². The van der Waals surface area contributed by atoms with Crippen LogP contribution in [0.15, 0.2) is 67.9 Å². The number of hydrogen-bond donors (Lipinski definition) is 0. The molecule has 2 aliphatic heterocycles. The summed E-state index contributed by atoms with van der Waals surface area (Å²) in [5, 5.41) is 13.4. The van der Waals surface area contributed by atoms with E-state index in [1.54, 1.807) is 31.4 Å². The van der Waals surface area contributed by atoms with Crippen molar-refractivity contribution in [1.82, 2.24) is 15.1 Å². The van der Waals surface area contributed by atoms with E-state index in [-0.39, 0.29) is 12.4 Å². The molecular formula is C20H15BrN6O4. The Balaban J connectivity index is 1.35. The number of benzene rings is 2. The number of anilines is 1. The second-order valence-corrected chi connectivity index (χ2v) is 7.84. The molecule has 3 heterocycles. The predicted octanol–water partition coefficient (Wildman–Crippen LogP) is 3.00. The summed E-state index contributed by atoms with van der Waals surface area (Å²) >= 11 is 3.41. The fraction of sp³-hybridized carbons (Fsp3) is 0.200. The highest BCUT2D eigenvalue weighted by Gasteiger charge is 2.55. The summed E-state index contributed by atoms with van der Waals surface area (Å²) < 4.78 is 11.3. The van der Waals surface area contributed by atoms with E-state index in [0.717, 1.165) is 14.9 Å². The second-order valence-electron chi connectivity index (χ2n) is 6.92. The number of aromatic nitrogens is 2. The van der Waals surface area contributed by atoms with Crippen LogP contribution in [0, 0.1) is 0 Å². The maximum atomic E-state index is 13.1. The summed E-state index contributed by atoms with van der Waals surface area (Å²) in [6.07, 6.45) is 0. The summed E-state index contributed by atoms with van der Waals surface area (Å²) in [5.41, 5.74) is 1.23. The number of ether oxygens (including phenoxy) is 1. The molecule has 2 aliphatic rings. The first kappa shape index (κ1) is 19.4. The third-order valence-electron chi connectivity index (χ3n) is 5.04. The Labute approximate surface area is 184 Å². The quantitative estimate of drug-likeness (QED) is 0.513. The molecule has 0 spiro atoms. The van der Waals surface area contributed by atoms with Crippen LogP contribution in [0.5, 0.6) is 5.75 Å². The molecule has 1 fully saturated rings. The average Bonchev–Trinajstić information content (AvgIpc) is 3.47. The van der Waals surface area contributed by atoms with E-state index in [1.807, 2.05) is 24.3 Å². The summed E-state index contributed by atoms with van der Waals surface area (Å²) in [7, 11) is 1.55. The number of imide groups is 1. The molecule has 0 bridgehead atoms. The predicted molar refractivity (Wildman–Crippen MR) is 111 cm³/mol. The van der Waals surface area contributed by atoms with E-state index in [1.165, 1.54) is 5.01 Å².